The second-order valence-electron chi connectivity index (χ2n) is 4.91. The van der Waals surface area contributed by atoms with Crippen LogP contribution >= 0.6 is 11.8 Å². The average molecular weight is 278 g/mol. The number of hydrogen-bond acceptors (Lipinski definition) is 3. The van der Waals surface area contributed by atoms with Gasteiger partial charge in [0.1, 0.15) is 0 Å². The van der Waals surface area contributed by atoms with Crippen LogP contribution in [0.4, 0.5) is 5.69 Å². The maximum Gasteiger partial charge on any atom is 0.255 e. The van der Waals surface area contributed by atoms with Gasteiger partial charge < -0.3 is 10.2 Å². The Morgan fingerprint density at radius 2 is 2.26 bits per heavy atom. The molecule has 1 fully saturated rings. The van der Waals surface area contributed by atoms with Gasteiger partial charge in [0.15, 0.2) is 0 Å². The molecule has 104 valence electrons. The highest BCUT2D eigenvalue weighted by Gasteiger charge is 2.25. The standard InChI is InChI=1S/C15H22N2OS/c1-3-9-16-14-7-5-4-6-13(14)15(18)17(2)12-8-10-19-11-12/h4-7,12,16H,3,8-11H2,1-2H3. The zero-order chi connectivity index (χ0) is 13.7. The molecule has 1 N–H and O–H groups in total. The number of nitrogens with zero attached hydrogens (tertiary/aromatic N) is 1. The van der Waals surface area contributed by atoms with Gasteiger partial charge in [-0.1, -0.05) is 19.1 Å². The number of carbonyl (C=O) groups excluding carboxylic acids is 1. The summed E-state index contributed by atoms with van der Waals surface area (Å²) in [5.74, 6) is 2.36. The lowest BCUT2D eigenvalue weighted by Crippen LogP contribution is -2.37. The molecule has 4 heteroatoms. The van der Waals surface area contributed by atoms with Crippen molar-refractivity contribution in [3.05, 3.63) is 29.8 Å². The third kappa shape index (κ3) is 3.44. The van der Waals surface area contributed by atoms with E-state index in [-0.39, 0.29) is 5.91 Å². The van der Waals surface area contributed by atoms with E-state index in [4.69, 9.17) is 0 Å². The van der Waals surface area contributed by atoms with Crippen molar-refractivity contribution in [3.8, 4) is 0 Å². The van der Waals surface area contributed by atoms with Crippen LogP contribution in [0, 0.1) is 0 Å². The molecule has 1 atom stereocenters. The smallest absolute Gasteiger partial charge is 0.255 e. The zero-order valence-electron chi connectivity index (χ0n) is 11.7. The Balaban J connectivity index is 2.13. The van der Waals surface area contributed by atoms with Crippen LogP contribution in [0.25, 0.3) is 0 Å². The summed E-state index contributed by atoms with van der Waals surface area (Å²) in [7, 11) is 1.93. The largest absolute Gasteiger partial charge is 0.384 e. The summed E-state index contributed by atoms with van der Waals surface area (Å²) < 4.78 is 0. The second kappa shape index (κ2) is 6.85. The number of para-hydroxylation sites is 1. The van der Waals surface area contributed by atoms with Crippen LogP contribution in [0.3, 0.4) is 0 Å². The molecule has 0 aromatic heterocycles. The molecule has 0 spiro atoms. The first-order valence-corrected chi connectivity index (χ1v) is 8.07. The number of anilines is 1. The van der Waals surface area contributed by atoms with Crippen LogP contribution in [-0.2, 0) is 0 Å². The van der Waals surface area contributed by atoms with Crippen molar-refractivity contribution in [2.24, 2.45) is 0 Å². The Kier molecular flexibility index (Phi) is 5.14. The van der Waals surface area contributed by atoms with Gasteiger partial charge in [0.2, 0.25) is 0 Å². The van der Waals surface area contributed by atoms with Gasteiger partial charge in [-0.05, 0) is 30.7 Å². The minimum absolute atomic E-state index is 0.131. The molecule has 19 heavy (non-hydrogen) atoms. The van der Waals surface area contributed by atoms with Crippen LogP contribution in [0.15, 0.2) is 24.3 Å². The summed E-state index contributed by atoms with van der Waals surface area (Å²) in [5, 5.41) is 3.34. The Labute approximate surface area is 119 Å². The van der Waals surface area contributed by atoms with E-state index in [0.29, 0.717) is 6.04 Å². The Hall–Kier alpha value is -1.16. The maximum atomic E-state index is 12.6. The number of rotatable bonds is 5. The van der Waals surface area contributed by atoms with Gasteiger partial charge in [0, 0.05) is 31.1 Å². The fourth-order valence-corrected chi connectivity index (χ4v) is 3.53. The molecular formula is C15H22N2OS. The van der Waals surface area contributed by atoms with Crippen molar-refractivity contribution in [3.63, 3.8) is 0 Å². The molecule has 1 aliphatic rings. The molecule has 0 bridgehead atoms. The van der Waals surface area contributed by atoms with Gasteiger partial charge in [0.25, 0.3) is 5.91 Å². The fraction of sp³-hybridized carbons (Fsp3) is 0.533. The molecule has 0 saturated carbocycles. The summed E-state index contributed by atoms with van der Waals surface area (Å²) in [4.78, 5) is 14.5. The van der Waals surface area contributed by atoms with Crippen molar-refractivity contribution in [1.29, 1.82) is 0 Å². The summed E-state index contributed by atoms with van der Waals surface area (Å²) in [5.41, 5.74) is 1.74. The van der Waals surface area contributed by atoms with E-state index in [9.17, 15) is 4.79 Å². The third-order valence-electron chi connectivity index (χ3n) is 3.50. The highest BCUT2D eigenvalue weighted by Crippen LogP contribution is 2.24. The van der Waals surface area contributed by atoms with Crippen molar-refractivity contribution in [1.82, 2.24) is 4.90 Å². The number of carbonyl (C=O) groups is 1. The minimum atomic E-state index is 0.131. The van der Waals surface area contributed by atoms with Crippen LogP contribution in [-0.4, -0.2) is 41.9 Å². The first-order valence-electron chi connectivity index (χ1n) is 6.92. The minimum Gasteiger partial charge on any atom is -0.384 e. The monoisotopic (exact) mass is 278 g/mol. The number of amides is 1. The van der Waals surface area contributed by atoms with Crippen LogP contribution in [0.2, 0.25) is 0 Å². The Bertz CT molecular complexity index is 430. The van der Waals surface area contributed by atoms with Gasteiger partial charge in [-0.25, -0.2) is 0 Å². The second-order valence-corrected chi connectivity index (χ2v) is 6.06. The maximum absolute atomic E-state index is 12.6. The first-order chi connectivity index (χ1) is 9.24. The lowest BCUT2D eigenvalue weighted by molar-refractivity contribution is 0.0749. The van der Waals surface area contributed by atoms with Crippen molar-refractivity contribution < 1.29 is 4.79 Å². The van der Waals surface area contributed by atoms with Gasteiger partial charge >= 0.3 is 0 Å². The molecule has 1 unspecified atom stereocenters. The van der Waals surface area contributed by atoms with Crippen molar-refractivity contribution in [2.75, 3.05) is 30.4 Å². The number of hydrogen-bond donors (Lipinski definition) is 1. The third-order valence-corrected chi connectivity index (χ3v) is 4.64. The SMILES string of the molecule is CCCNc1ccccc1C(=O)N(C)C1CCSC1. The van der Waals surface area contributed by atoms with E-state index in [1.54, 1.807) is 0 Å². The normalized spacial score (nSPS) is 18.3. The highest BCUT2D eigenvalue weighted by molar-refractivity contribution is 7.99. The lowest BCUT2D eigenvalue weighted by Gasteiger charge is -2.25. The van der Waals surface area contributed by atoms with Gasteiger partial charge in [-0.15, -0.1) is 0 Å². The predicted octanol–water partition coefficient (Wildman–Crippen LogP) is 3.09. The number of benzene rings is 1. The van der Waals surface area contributed by atoms with Gasteiger partial charge in [-0.3, -0.25) is 4.79 Å². The summed E-state index contributed by atoms with van der Waals surface area (Å²) >= 11 is 1.93. The van der Waals surface area contributed by atoms with Crippen molar-refractivity contribution in [2.45, 2.75) is 25.8 Å². The van der Waals surface area contributed by atoms with E-state index in [2.05, 4.69) is 12.2 Å². The molecule has 1 saturated heterocycles. The van der Waals surface area contributed by atoms with E-state index in [0.717, 1.165) is 42.1 Å². The van der Waals surface area contributed by atoms with E-state index in [1.165, 1.54) is 0 Å². The molecule has 3 nitrogen and oxygen atoms in total. The van der Waals surface area contributed by atoms with E-state index in [1.807, 2.05) is 48.0 Å². The van der Waals surface area contributed by atoms with Crippen molar-refractivity contribution >= 4 is 23.4 Å². The first kappa shape index (κ1) is 14.3. The fourth-order valence-electron chi connectivity index (χ4n) is 2.27. The molecule has 1 aromatic carbocycles. The molecule has 1 aromatic rings. The summed E-state index contributed by atoms with van der Waals surface area (Å²) in [6.45, 7) is 3.02. The Morgan fingerprint density at radius 1 is 1.47 bits per heavy atom. The average Bonchev–Trinajstić information content (AvgIpc) is 2.98. The van der Waals surface area contributed by atoms with Crippen LogP contribution < -0.4 is 5.32 Å². The molecule has 1 amide bonds. The molecule has 0 radical (unpaired) electrons. The Morgan fingerprint density at radius 3 is 2.95 bits per heavy atom. The number of nitrogens with one attached hydrogen (secondary N) is 1. The topological polar surface area (TPSA) is 32.3 Å². The molecule has 2 rings (SSSR count). The summed E-state index contributed by atoms with van der Waals surface area (Å²) in [6.07, 6.45) is 2.16. The van der Waals surface area contributed by atoms with Crippen LogP contribution in [0.5, 0.6) is 0 Å². The molecule has 1 aliphatic heterocycles. The molecule has 1 heterocycles. The predicted molar refractivity (Wildman–Crippen MR) is 83.0 cm³/mol. The van der Waals surface area contributed by atoms with Crippen LogP contribution in [0.1, 0.15) is 30.1 Å². The molecule has 0 aliphatic carbocycles. The zero-order valence-corrected chi connectivity index (χ0v) is 12.5. The molecular weight excluding hydrogens is 256 g/mol. The van der Waals surface area contributed by atoms with E-state index >= 15 is 0 Å². The summed E-state index contributed by atoms with van der Waals surface area (Å²) in [6, 6.07) is 8.19. The quantitative estimate of drug-likeness (QED) is 0.898. The number of thioether (sulfide) groups is 1. The lowest BCUT2D eigenvalue weighted by atomic mass is 10.1. The van der Waals surface area contributed by atoms with Gasteiger partial charge in [0.05, 0.1) is 5.56 Å². The van der Waals surface area contributed by atoms with E-state index < -0.39 is 0 Å². The highest BCUT2D eigenvalue weighted by atomic mass is 32.2. The van der Waals surface area contributed by atoms with Gasteiger partial charge in [-0.2, -0.15) is 11.8 Å².